The summed E-state index contributed by atoms with van der Waals surface area (Å²) in [6, 6.07) is 0.276. The molecule has 1 aliphatic heterocycles. The topological polar surface area (TPSA) is 64.8 Å². The third-order valence-corrected chi connectivity index (χ3v) is 4.98. The largest absolute Gasteiger partial charge is 0.345 e. The fraction of sp³-hybridized carbons (Fsp3) is 1.00. The highest BCUT2D eigenvalue weighted by molar-refractivity contribution is 7.53. The van der Waals surface area contributed by atoms with Gasteiger partial charge in [0, 0.05) is 19.1 Å². The molecule has 0 spiro atoms. The Labute approximate surface area is 111 Å². The van der Waals surface area contributed by atoms with Crippen molar-refractivity contribution in [3.63, 3.8) is 0 Å². The second-order valence-corrected chi connectivity index (χ2v) is 7.44. The summed E-state index contributed by atoms with van der Waals surface area (Å²) in [5, 5.41) is 0. The van der Waals surface area contributed by atoms with E-state index in [9.17, 15) is 4.57 Å². The summed E-state index contributed by atoms with van der Waals surface area (Å²) in [7, 11) is -3.03. The van der Waals surface area contributed by atoms with Gasteiger partial charge in [-0.2, -0.15) is 0 Å². The molecular formula is C12H27N2O3P. The van der Waals surface area contributed by atoms with E-state index in [1.807, 2.05) is 27.7 Å². The molecule has 0 atom stereocenters. The average molecular weight is 278 g/mol. The van der Waals surface area contributed by atoms with Crippen molar-refractivity contribution in [1.82, 2.24) is 4.90 Å². The van der Waals surface area contributed by atoms with E-state index in [1.165, 1.54) is 0 Å². The Hall–Kier alpha value is 0.0700. The van der Waals surface area contributed by atoms with Crippen LogP contribution in [0.2, 0.25) is 0 Å². The van der Waals surface area contributed by atoms with Gasteiger partial charge in [0.2, 0.25) is 0 Å². The first-order chi connectivity index (χ1) is 8.31. The van der Waals surface area contributed by atoms with Gasteiger partial charge in [-0.25, -0.2) is 0 Å². The molecule has 0 aromatic heterocycles. The standard InChI is InChI=1S/C12H27N2O3P/c1-10(2)16-18(15,17-11(3)4)9-14-7-5-12(13)6-8-14/h10-12H,5-9,13H2,1-4H3. The fourth-order valence-electron chi connectivity index (χ4n) is 2.07. The van der Waals surface area contributed by atoms with Gasteiger partial charge in [-0.3, -0.25) is 9.46 Å². The zero-order chi connectivity index (χ0) is 13.8. The van der Waals surface area contributed by atoms with E-state index in [2.05, 4.69) is 4.90 Å². The molecule has 0 aromatic carbocycles. The van der Waals surface area contributed by atoms with Gasteiger partial charge in [-0.15, -0.1) is 0 Å². The molecule has 2 N–H and O–H groups in total. The van der Waals surface area contributed by atoms with Gasteiger partial charge in [-0.1, -0.05) is 0 Å². The molecule has 18 heavy (non-hydrogen) atoms. The Balaban J connectivity index is 2.57. The summed E-state index contributed by atoms with van der Waals surface area (Å²) in [6.45, 7) is 9.25. The van der Waals surface area contributed by atoms with Crippen LogP contribution in [0.25, 0.3) is 0 Å². The fourth-order valence-corrected chi connectivity index (χ4v) is 4.31. The van der Waals surface area contributed by atoms with Crippen molar-refractivity contribution in [2.75, 3.05) is 19.4 Å². The van der Waals surface area contributed by atoms with E-state index in [0.29, 0.717) is 6.29 Å². The third-order valence-electron chi connectivity index (χ3n) is 2.75. The number of nitrogens with two attached hydrogens (primary N) is 1. The summed E-state index contributed by atoms with van der Waals surface area (Å²) < 4.78 is 23.7. The number of hydrogen-bond donors (Lipinski definition) is 1. The maximum atomic E-state index is 12.7. The van der Waals surface area contributed by atoms with Crippen LogP contribution in [-0.2, 0) is 13.6 Å². The van der Waals surface area contributed by atoms with Gasteiger partial charge in [0.25, 0.3) is 0 Å². The number of likely N-dealkylation sites (tertiary alicyclic amines) is 1. The molecule has 108 valence electrons. The summed E-state index contributed by atoms with van der Waals surface area (Å²) in [6.07, 6.45) is 2.08. The molecule has 1 fully saturated rings. The lowest BCUT2D eigenvalue weighted by atomic mass is 10.1. The average Bonchev–Trinajstić information content (AvgIpc) is 2.18. The van der Waals surface area contributed by atoms with Crippen LogP contribution >= 0.6 is 7.60 Å². The Morgan fingerprint density at radius 2 is 1.61 bits per heavy atom. The van der Waals surface area contributed by atoms with Crippen LogP contribution in [0.5, 0.6) is 0 Å². The number of hydrogen-bond acceptors (Lipinski definition) is 5. The van der Waals surface area contributed by atoms with Crippen molar-refractivity contribution in [3.05, 3.63) is 0 Å². The highest BCUT2D eigenvalue weighted by Gasteiger charge is 2.31. The van der Waals surface area contributed by atoms with Crippen LogP contribution in [0.15, 0.2) is 0 Å². The molecule has 5 nitrogen and oxygen atoms in total. The molecule has 1 rings (SSSR count). The molecule has 1 aliphatic rings. The predicted molar refractivity (Wildman–Crippen MR) is 73.7 cm³/mol. The SMILES string of the molecule is CC(C)OP(=O)(CN1CCC(N)CC1)OC(C)C. The molecule has 0 amide bonds. The second-order valence-electron chi connectivity index (χ2n) is 5.52. The van der Waals surface area contributed by atoms with E-state index in [4.69, 9.17) is 14.8 Å². The monoisotopic (exact) mass is 278 g/mol. The minimum atomic E-state index is -3.03. The Kier molecular flexibility index (Phi) is 6.28. The lowest BCUT2D eigenvalue weighted by molar-refractivity contribution is 0.125. The van der Waals surface area contributed by atoms with Gasteiger partial charge in [-0.05, 0) is 40.5 Å². The van der Waals surface area contributed by atoms with Crippen molar-refractivity contribution < 1.29 is 13.6 Å². The Morgan fingerprint density at radius 3 is 2.00 bits per heavy atom. The first kappa shape index (κ1) is 16.1. The maximum Gasteiger partial charge on any atom is 0.345 e. The second kappa shape index (κ2) is 7.01. The Morgan fingerprint density at radius 1 is 1.17 bits per heavy atom. The molecule has 0 aromatic rings. The van der Waals surface area contributed by atoms with Gasteiger partial charge >= 0.3 is 7.60 Å². The summed E-state index contributed by atoms with van der Waals surface area (Å²) >= 11 is 0. The van der Waals surface area contributed by atoms with Crippen LogP contribution in [0.3, 0.4) is 0 Å². The molecular weight excluding hydrogens is 251 g/mol. The number of piperidine rings is 1. The van der Waals surface area contributed by atoms with E-state index in [0.717, 1.165) is 25.9 Å². The lowest BCUT2D eigenvalue weighted by Gasteiger charge is -2.33. The number of rotatable bonds is 6. The minimum Gasteiger partial charge on any atom is -0.328 e. The number of nitrogens with zero attached hydrogens (tertiary/aromatic N) is 1. The molecule has 0 radical (unpaired) electrons. The van der Waals surface area contributed by atoms with E-state index in [-0.39, 0.29) is 18.2 Å². The van der Waals surface area contributed by atoms with Crippen LogP contribution in [0, 0.1) is 0 Å². The van der Waals surface area contributed by atoms with Crippen molar-refractivity contribution in [3.8, 4) is 0 Å². The van der Waals surface area contributed by atoms with Crippen LogP contribution < -0.4 is 5.73 Å². The quantitative estimate of drug-likeness (QED) is 0.756. The summed E-state index contributed by atoms with van der Waals surface area (Å²) in [5.41, 5.74) is 5.86. The van der Waals surface area contributed by atoms with E-state index < -0.39 is 7.60 Å². The molecule has 0 bridgehead atoms. The van der Waals surface area contributed by atoms with Crippen molar-refractivity contribution in [1.29, 1.82) is 0 Å². The van der Waals surface area contributed by atoms with Crippen LogP contribution in [0.4, 0.5) is 0 Å². The first-order valence-electron chi connectivity index (χ1n) is 6.74. The van der Waals surface area contributed by atoms with Gasteiger partial charge in [0.05, 0.1) is 12.2 Å². The summed E-state index contributed by atoms with van der Waals surface area (Å²) in [5.74, 6) is 0. The molecule has 1 saturated heterocycles. The molecule has 6 heteroatoms. The Bertz CT molecular complexity index is 275. The van der Waals surface area contributed by atoms with Crippen molar-refractivity contribution >= 4 is 7.60 Å². The summed E-state index contributed by atoms with van der Waals surface area (Å²) in [4.78, 5) is 2.13. The minimum absolute atomic E-state index is 0.0957. The zero-order valence-corrected chi connectivity index (χ0v) is 12.9. The molecule has 1 heterocycles. The highest BCUT2D eigenvalue weighted by Crippen LogP contribution is 2.51. The smallest absolute Gasteiger partial charge is 0.328 e. The van der Waals surface area contributed by atoms with Crippen LogP contribution in [0.1, 0.15) is 40.5 Å². The van der Waals surface area contributed by atoms with Crippen molar-refractivity contribution in [2.24, 2.45) is 5.73 Å². The predicted octanol–water partition coefficient (Wildman–Crippen LogP) is 2.41. The molecule has 0 saturated carbocycles. The van der Waals surface area contributed by atoms with Crippen LogP contribution in [-0.4, -0.2) is 42.5 Å². The maximum absolute atomic E-state index is 12.7. The van der Waals surface area contributed by atoms with Gasteiger partial charge < -0.3 is 14.8 Å². The van der Waals surface area contributed by atoms with Gasteiger partial charge in [0.15, 0.2) is 0 Å². The zero-order valence-electron chi connectivity index (χ0n) is 12.0. The molecule has 0 unspecified atom stereocenters. The normalized spacial score (nSPS) is 19.9. The first-order valence-corrected chi connectivity index (χ1v) is 8.47. The third kappa shape index (κ3) is 5.81. The highest BCUT2D eigenvalue weighted by atomic mass is 31.2. The molecule has 0 aliphatic carbocycles. The lowest BCUT2D eigenvalue weighted by Crippen LogP contribution is -2.40. The van der Waals surface area contributed by atoms with E-state index >= 15 is 0 Å². The van der Waals surface area contributed by atoms with Gasteiger partial charge in [0.1, 0.15) is 6.29 Å². The van der Waals surface area contributed by atoms with Crippen molar-refractivity contribution in [2.45, 2.75) is 58.8 Å². The van der Waals surface area contributed by atoms with E-state index in [1.54, 1.807) is 0 Å².